The van der Waals surface area contributed by atoms with E-state index >= 15 is 0 Å². The van der Waals surface area contributed by atoms with E-state index in [9.17, 15) is 9.50 Å². The Morgan fingerprint density at radius 1 is 1.32 bits per heavy atom. The van der Waals surface area contributed by atoms with Gasteiger partial charge >= 0.3 is 0 Å². The highest BCUT2D eigenvalue weighted by atomic mass is 19.1. The molecule has 19 heavy (non-hydrogen) atoms. The molecule has 0 amide bonds. The van der Waals surface area contributed by atoms with Crippen LogP contribution in [-0.2, 0) is 6.54 Å². The van der Waals surface area contributed by atoms with Gasteiger partial charge in [-0.2, -0.15) is 0 Å². The number of hydrogen-bond donors (Lipinski definition) is 1. The molecule has 0 unspecified atom stereocenters. The highest BCUT2D eigenvalue weighted by molar-refractivity contribution is 5.55. The lowest BCUT2D eigenvalue weighted by Crippen LogP contribution is -2.19. The Bertz CT molecular complexity index is 563. The second kappa shape index (κ2) is 5.45. The molecule has 0 fully saturated rings. The Hall–Kier alpha value is -1.81. The zero-order valence-electron chi connectivity index (χ0n) is 11.4. The molecule has 1 atom stereocenters. The largest absolute Gasteiger partial charge is 0.464 e. The minimum Gasteiger partial charge on any atom is -0.464 e. The van der Waals surface area contributed by atoms with Crippen molar-refractivity contribution in [2.45, 2.75) is 26.5 Å². The van der Waals surface area contributed by atoms with Crippen LogP contribution in [0.25, 0.3) is 0 Å². The summed E-state index contributed by atoms with van der Waals surface area (Å²) < 4.78 is 19.5. The van der Waals surface area contributed by atoms with E-state index in [-0.39, 0.29) is 5.82 Å². The summed E-state index contributed by atoms with van der Waals surface area (Å²) >= 11 is 0. The van der Waals surface area contributed by atoms with Crippen molar-refractivity contribution >= 4 is 5.69 Å². The molecule has 0 radical (unpaired) electrons. The third-order valence-corrected chi connectivity index (χ3v) is 3.04. The summed E-state index contributed by atoms with van der Waals surface area (Å²) in [5, 5.41) is 9.73. The van der Waals surface area contributed by atoms with Crippen molar-refractivity contribution in [3.8, 4) is 0 Å². The van der Waals surface area contributed by atoms with Crippen LogP contribution in [0, 0.1) is 12.7 Å². The number of aliphatic hydroxyl groups is 1. The number of hydrogen-bond acceptors (Lipinski definition) is 3. The molecule has 4 heteroatoms. The van der Waals surface area contributed by atoms with Crippen LogP contribution < -0.4 is 4.90 Å². The molecule has 1 heterocycles. The fourth-order valence-electron chi connectivity index (χ4n) is 2.15. The van der Waals surface area contributed by atoms with E-state index in [4.69, 9.17) is 4.42 Å². The molecular formula is C15H18FNO2. The second-order valence-corrected chi connectivity index (χ2v) is 4.72. The number of anilines is 1. The molecule has 102 valence electrons. The van der Waals surface area contributed by atoms with Gasteiger partial charge in [0.2, 0.25) is 0 Å². The van der Waals surface area contributed by atoms with Gasteiger partial charge < -0.3 is 14.4 Å². The first kappa shape index (κ1) is 13.6. The lowest BCUT2D eigenvalue weighted by atomic mass is 10.1. The van der Waals surface area contributed by atoms with Gasteiger partial charge in [0.25, 0.3) is 0 Å². The smallest absolute Gasteiger partial charge is 0.146 e. The van der Waals surface area contributed by atoms with Crippen LogP contribution in [0.2, 0.25) is 0 Å². The Morgan fingerprint density at radius 2 is 2.05 bits per heavy atom. The molecular weight excluding hydrogens is 245 g/mol. The van der Waals surface area contributed by atoms with E-state index in [2.05, 4.69) is 0 Å². The van der Waals surface area contributed by atoms with Crippen LogP contribution in [0.1, 0.15) is 30.1 Å². The number of aliphatic hydroxyl groups excluding tert-OH is 1. The van der Waals surface area contributed by atoms with Crippen LogP contribution in [-0.4, -0.2) is 12.2 Å². The van der Waals surface area contributed by atoms with Crippen molar-refractivity contribution in [3.63, 3.8) is 0 Å². The van der Waals surface area contributed by atoms with Gasteiger partial charge in [-0.1, -0.05) is 12.1 Å². The average Bonchev–Trinajstić information content (AvgIpc) is 2.74. The van der Waals surface area contributed by atoms with Gasteiger partial charge in [-0.25, -0.2) is 4.39 Å². The Morgan fingerprint density at radius 3 is 2.63 bits per heavy atom. The molecule has 2 aromatic rings. The van der Waals surface area contributed by atoms with E-state index in [0.717, 1.165) is 11.5 Å². The quantitative estimate of drug-likeness (QED) is 0.918. The number of halogens is 1. The molecule has 3 nitrogen and oxygen atoms in total. The number of nitrogens with zero attached hydrogens (tertiary/aromatic N) is 1. The van der Waals surface area contributed by atoms with E-state index in [1.165, 1.54) is 6.07 Å². The normalized spacial score (nSPS) is 12.5. The maximum Gasteiger partial charge on any atom is 0.146 e. The number of rotatable bonds is 4. The minimum absolute atomic E-state index is 0.343. The molecule has 0 aliphatic carbocycles. The summed E-state index contributed by atoms with van der Waals surface area (Å²) in [6, 6.07) is 8.47. The second-order valence-electron chi connectivity index (χ2n) is 4.72. The standard InChI is InChI=1S/C15H18FNO2/c1-10-7-8-12(19-10)9-17(3)15-13(11(2)18)5-4-6-14(15)16/h4-8,11,18H,9H2,1-3H3/t11-/m1/s1. The van der Waals surface area contributed by atoms with Gasteiger partial charge in [0, 0.05) is 12.6 Å². The first-order valence-electron chi connectivity index (χ1n) is 6.22. The molecule has 0 bridgehead atoms. The number of furan rings is 1. The molecule has 0 saturated heterocycles. The van der Waals surface area contributed by atoms with Crippen molar-refractivity contribution in [1.82, 2.24) is 0 Å². The summed E-state index contributed by atoms with van der Waals surface area (Å²) in [6.45, 7) is 3.95. The summed E-state index contributed by atoms with van der Waals surface area (Å²) in [7, 11) is 1.78. The predicted octanol–water partition coefficient (Wildman–Crippen LogP) is 3.42. The molecule has 0 aliphatic rings. The Labute approximate surface area is 112 Å². The van der Waals surface area contributed by atoms with Crippen LogP contribution >= 0.6 is 0 Å². The SMILES string of the molecule is Cc1ccc(CN(C)c2c(F)cccc2[C@@H](C)O)o1. The fourth-order valence-corrected chi connectivity index (χ4v) is 2.15. The summed E-state index contributed by atoms with van der Waals surface area (Å²) in [4.78, 5) is 1.75. The topological polar surface area (TPSA) is 36.6 Å². The van der Waals surface area contributed by atoms with Crippen LogP contribution in [0.5, 0.6) is 0 Å². The molecule has 2 rings (SSSR count). The molecule has 1 N–H and O–H groups in total. The molecule has 0 aliphatic heterocycles. The monoisotopic (exact) mass is 263 g/mol. The van der Waals surface area contributed by atoms with E-state index in [1.54, 1.807) is 31.0 Å². The maximum atomic E-state index is 14.0. The molecule has 1 aromatic carbocycles. The predicted molar refractivity (Wildman–Crippen MR) is 72.6 cm³/mol. The summed E-state index contributed by atoms with van der Waals surface area (Å²) in [5.41, 5.74) is 0.984. The number of aryl methyl sites for hydroxylation is 1. The van der Waals surface area contributed by atoms with E-state index in [0.29, 0.717) is 17.8 Å². The molecule has 0 saturated carbocycles. The highest BCUT2D eigenvalue weighted by Gasteiger charge is 2.17. The molecule has 1 aromatic heterocycles. The minimum atomic E-state index is -0.716. The Kier molecular flexibility index (Phi) is 3.90. The number of benzene rings is 1. The lowest BCUT2D eigenvalue weighted by molar-refractivity contribution is 0.199. The van der Waals surface area contributed by atoms with Gasteiger partial charge in [-0.05, 0) is 32.0 Å². The average molecular weight is 263 g/mol. The van der Waals surface area contributed by atoms with Crippen molar-refractivity contribution in [1.29, 1.82) is 0 Å². The summed E-state index contributed by atoms with van der Waals surface area (Å²) in [5.74, 6) is 1.25. The zero-order valence-corrected chi connectivity index (χ0v) is 11.4. The van der Waals surface area contributed by atoms with Crippen molar-refractivity contribution in [3.05, 3.63) is 53.2 Å². The molecule has 0 spiro atoms. The highest BCUT2D eigenvalue weighted by Crippen LogP contribution is 2.29. The maximum absolute atomic E-state index is 14.0. The van der Waals surface area contributed by atoms with Crippen LogP contribution in [0.3, 0.4) is 0 Å². The Balaban J connectivity index is 2.30. The van der Waals surface area contributed by atoms with Crippen LogP contribution in [0.15, 0.2) is 34.7 Å². The van der Waals surface area contributed by atoms with Crippen molar-refractivity contribution < 1.29 is 13.9 Å². The van der Waals surface area contributed by atoms with Gasteiger partial charge in [0.05, 0.1) is 18.3 Å². The van der Waals surface area contributed by atoms with Gasteiger partial charge in [-0.15, -0.1) is 0 Å². The van der Waals surface area contributed by atoms with E-state index in [1.807, 2.05) is 19.1 Å². The lowest BCUT2D eigenvalue weighted by Gasteiger charge is -2.23. The van der Waals surface area contributed by atoms with E-state index < -0.39 is 6.10 Å². The fraction of sp³-hybridized carbons (Fsp3) is 0.333. The summed E-state index contributed by atoms with van der Waals surface area (Å²) in [6.07, 6.45) is -0.716. The number of para-hydroxylation sites is 1. The van der Waals surface area contributed by atoms with Gasteiger partial charge in [0.1, 0.15) is 17.3 Å². The first-order chi connectivity index (χ1) is 8.99. The first-order valence-corrected chi connectivity index (χ1v) is 6.22. The third kappa shape index (κ3) is 2.96. The van der Waals surface area contributed by atoms with Crippen molar-refractivity contribution in [2.24, 2.45) is 0 Å². The van der Waals surface area contributed by atoms with Crippen molar-refractivity contribution in [2.75, 3.05) is 11.9 Å². The zero-order chi connectivity index (χ0) is 14.0. The van der Waals surface area contributed by atoms with Crippen LogP contribution in [0.4, 0.5) is 10.1 Å². The van der Waals surface area contributed by atoms with Gasteiger partial charge in [-0.3, -0.25) is 0 Å². The third-order valence-electron chi connectivity index (χ3n) is 3.04. The van der Waals surface area contributed by atoms with Gasteiger partial charge in [0.15, 0.2) is 0 Å².